The molecular formula is C42H58N3O6S+. The number of aryl methyl sites for hydroxylation is 1. The van der Waals surface area contributed by atoms with Gasteiger partial charge in [0, 0.05) is 53.9 Å². The van der Waals surface area contributed by atoms with E-state index >= 15 is 0 Å². The molecule has 0 unspecified atom stereocenters. The highest BCUT2D eigenvalue weighted by atomic mass is 32.2. The smallest absolute Gasteiger partial charge is 0.408 e. The van der Waals surface area contributed by atoms with E-state index in [0.29, 0.717) is 6.42 Å². The maximum absolute atomic E-state index is 12.2. The van der Waals surface area contributed by atoms with Gasteiger partial charge in [-0.3, -0.25) is 9.35 Å². The van der Waals surface area contributed by atoms with Gasteiger partial charge in [0.25, 0.3) is 10.1 Å². The summed E-state index contributed by atoms with van der Waals surface area (Å²) in [5.41, 5.74) is 6.72. The predicted molar refractivity (Wildman–Crippen MR) is 210 cm³/mol. The van der Waals surface area contributed by atoms with Gasteiger partial charge in [-0.1, -0.05) is 62.6 Å². The summed E-state index contributed by atoms with van der Waals surface area (Å²) in [6.07, 6.45) is 14.8. The SMILES string of the molecule is CCN1C(=CC=CC=CC2=[N+](CCCCCCCC(=O)CNC(=O)OC(C)(C)C)c3ccc(S(=O)(=O)O)cc3C2(C)C)C(C)(C)c2cc(C)ccc21. The minimum absolute atomic E-state index is 0.0166. The van der Waals surface area contributed by atoms with Crippen LogP contribution in [0.4, 0.5) is 16.2 Å². The summed E-state index contributed by atoms with van der Waals surface area (Å²) in [4.78, 5) is 26.3. The Morgan fingerprint density at radius 2 is 1.62 bits per heavy atom. The normalized spacial score (nSPS) is 17.3. The number of carbonyl (C=O) groups is 2. The Kier molecular flexibility index (Phi) is 12.8. The van der Waals surface area contributed by atoms with E-state index < -0.39 is 27.2 Å². The summed E-state index contributed by atoms with van der Waals surface area (Å²) in [6, 6.07) is 11.5. The maximum atomic E-state index is 12.2. The molecule has 2 aromatic carbocycles. The molecule has 1 amide bonds. The topological polar surface area (TPSA) is 116 Å². The second-order valence-electron chi connectivity index (χ2n) is 15.9. The molecule has 2 aromatic rings. The number of alkyl carbamates (subject to hydrolysis) is 1. The van der Waals surface area contributed by atoms with Gasteiger partial charge in [-0.2, -0.15) is 13.0 Å². The highest BCUT2D eigenvalue weighted by Crippen LogP contribution is 2.48. The Hall–Kier alpha value is -4.02. The van der Waals surface area contributed by atoms with E-state index in [9.17, 15) is 22.6 Å². The standard InChI is InChI=1S/C42H57N3O6S/c1-10-44-35-24-22-30(2)27-33(35)41(6,7)37(44)20-16-14-17-21-38-42(8,9)34-28-32(52(48,49)50)23-25-36(34)45(38)26-18-13-11-12-15-19-31(46)29-43-39(47)51-40(3,4)5/h14,16-17,20-25,27-28H,10-13,15,18-19,26,29H2,1-9H3,(H-,43,47,48,49,50)/p+1. The summed E-state index contributed by atoms with van der Waals surface area (Å²) < 4.78 is 41.4. The number of nitrogens with zero attached hydrogens (tertiary/aromatic N) is 2. The number of ketones is 1. The summed E-state index contributed by atoms with van der Waals surface area (Å²) in [5, 5.41) is 2.53. The third-order valence-electron chi connectivity index (χ3n) is 9.92. The molecule has 2 aliphatic rings. The molecule has 10 heteroatoms. The van der Waals surface area contributed by atoms with Gasteiger partial charge in [0.05, 0.1) is 16.9 Å². The Bertz CT molecular complexity index is 1890. The Morgan fingerprint density at radius 1 is 0.923 bits per heavy atom. The van der Waals surface area contributed by atoms with Crippen LogP contribution in [-0.2, 0) is 30.5 Å². The number of unbranched alkanes of at least 4 members (excludes halogenated alkanes) is 4. The Balaban J connectivity index is 1.43. The fourth-order valence-electron chi connectivity index (χ4n) is 7.24. The summed E-state index contributed by atoms with van der Waals surface area (Å²) in [6.45, 7) is 20.0. The molecule has 52 heavy (non-hydrogen) atoms. The summed E-state index contributed by atoms with van der Waals surface area (Å²) in [7, 11) is -4.35. The number of ether oxygens (including phenoxy) is 1. The van der Waals surface area contributed by atoms with Gasteiger partial charge in [-0.25, -0.2) is 4.79 Å². The number of benzene rings is 2. The van der Waals surface area contributed by atoms with Gasteiger partial charge in [0.2, 0.25) is 5.69 Å². The first kappa shape index (κ1) is 40.7. The van der Waals surface area contributed by atoms with Crippen molar-refractivity contribution in [2.75, 3.05) is 24.5 Å². The van der Waals surface area contributed by atoms with Crippen LogP contribution in [0.1, 0.15) is 111 Å². The minimum atomic E-state index is -4.35. The van der Waals surface area contributed by atoms with Crippen molar-refractivity contribution >= 4 is 39.1 Å². The van der Waals surface area contributed by atoms with Gasteiger partial charge in [0.15, 0.2) is 11.5 Å². The molecule has 2 aliphatic heterocycles. The van der Waals surface area contributed by atoms with Crippen molar-refractivity contribution in [1.29, 1.82) is 0 Å². The largest absolute Gasteiger partial charge is 0.444 e. The lowest BCUT2D eigenvalue weighted by Crippen LogP contribution is -2.35. The lowest BCUT2D eigenvalue weighted by Gasteiger charge is -2.25. The number of nitrogens with one attached hydrogen (secondary N) is 1. The first-order chi connectivity index (χ1) is 24.3. The van der Waals surface area contributed by atoms with Crippen molar-refractivity contribution in [3.63, 3.8) is 0 Å². The zero-order valence-corrected chi connectivity index (χ0v) is 33.3. The molecule has 0 radical (unpaired) electrons. The molecule has 0 atom stereocenters. The van der Waals surface area contributed by atoms with Crippen molar-refractivity contribution in [2.24, 2.45) is 0 Å². The monoisotopic (exact) mass is 732 g/mol. The molecule has 0 bridgehead atoms. The van der Waals surface area contributed by atoms with Crippen molar-refractivity contribution in [2.45, 2.75) is 122 Å². The van der Waals surface area contributed by atoms with Crippen LogP contribution in [0.5, 0.6) is 0 Å². The van der Waals surface area contributed by atoms with E-state index in [0.717, 1.165) is 62.2 Å². The zero-order valence-electron chi connectivity index (χ0n) is 32.5. The lowest BCUT2D eigenvalue weighted by molar-refractivity contribution is -0.438. The van der Waals surface area contributed by atoms with Crippen molar-refractivity contribution in [3.05, 3.63) is 89.2 Å². The second-order valence-corrected chi connectivity index (χ2v) is 17.3. The summed E-state index contributed by atoms with van der Waals surface area (Å²) >= 11 is 0. The number of rotatable bonds is 15. The number of hydrogen-bond acceptors (Lipinski definition) is 6. The molecule has 0 aliphatic carbocycles. The number of fused-ring (bicyclic) bond motifs is 2. The predicted octanol–water partition coefficient (Wildman–Crippen LogP) is 8.87. The quantitative estimate of drug-likeness (QED) is 0.0814. The lowest BCUT2D eigenvalue weighted by atomic mass is 9.81. The molecule has 9 nitrogen and oxygen atoms in total. The van der Waals surface area contributed by atoms with Crippen LogP contribution in [0.15, 0.2) is 77.4 Å². The number of likely N-dealkylation sites (N-methyl/N-ethyl adjacent to an activating group) is 1. The molecule has 0 fully saturated rings. The maximum Gasteiger partial charge on any atom is 0.408 e. The fraction of sp³-hybridized carbons (Fsp3) is 0.500. The number of allylic oxidation sites excluding steroid dienone is 6. The molecule has 2 N–H and O–H groups in total. The first-order valence-corrected chi connectivity index (χ1v) is 19.9. The Morgan fingerprint density at radius 3 is 2.29 bits per heavy atom. The van der Waals surface area contributed by atoms with E-state index in [1.54, 1.807) is 32.9 Å². The fourth-order valence-corrected chi connectivity index (χ4v) is 7.75. The average Bonchev–Trinajstić information content (AvgIpc) is 3.39. The first-order valence-electron chi connectivity index (χ1n) is 18.5. The minimum Gasteiger partial charge on any atom is -0.444 e. The van der Waals surface area contributed by atoms with Crippen LogP contribution in [0.2, 0.25) is 0 Å². The molecular weight excluding hydrogens is 675 g/mol. The molecule has 2 heterocycles. The van der Waals surface area contributed by atoms with E-state index in [1.807, 2.05) is 12.2 Å². The molecule has 0 aromatic heterocycles. The van der Waals surface area contributed by atoms with Crippen LogP contribution in [0, 0.1) is 6.92 Å². The van der Waals surface area contributed by atoms with Crippen LogP contribution >= 0.6 is 0 Å². The van der Waals surface area contributed by atoms with Gasteiger partial charge in [0.1, 0.15) is 12.1 Å². The summed E-state index contributed by atoms with van der Waals surface area (Å²) in [5.74, 6) is -0.0166. The van der Waals surface area contributed by atoms with E-state index in [1.165, 1.54) is 28.6 Å². The molecule has 0 saturated carbocycles. The number of Topliss-reactive ketones (excluding diaryl/α,β-unsaturated/α-hetero) is 1. The van der Waals surface area contributed by atoms with Gasteiger partial charge < -0.3 is 15.0 Å². The molecule has 4 rings (SSSR count). The van der Waals surface area contributed by atoms with Gasteiger partial charge in [-0.05, 0) is 91.1 Å². The number of anilines is 1. The van der Waals surface area contributed by atoms with Crippen LogP contribution in [-0.4, -0.2) is 60.4 Å². The average molecular weight is 733 g/mol. The third kappa shape index (κ3) is 9.69. The number of hydrogen-bond donors (Lipinski definition) is 2. The van der Waals surface area contributed by atoms with Crippen LogP contribution in [0.25, 0.3) is 0 Å². The van der Waals surface area contributed by atoms with E-state index in [4.69, 9.17) is 4.74 Å². The highest BCUT2D eigenvalue weighted by Gasteiger charge is 2.45. The molecule has 0 spiro atoms. The number of amides is 1. The zero-order chi connectivity index (χ0) is 38.5. The molecule has 0 saturated heterocycles. The Labute approximate surface area is 311 Å². The van der Waals surface area contributed by atoms with E-state index in [-0.39, 0.29) is 22.6 Å². The van der Waals surface area contributed by atoms with Gasteiger partial charge >= 0.3 is 6.09 Å². The van der Waals surface area contributed by atoms with Crippen LogP contribution < -0.4 is 10.2 Å². The van der Waals surface area contributed by atoms with Crippen molar-refractivity contribution in [1.82, 2.24) is 5.32 Å². The van der Waals surface area contributed by atoms with Crippen molar-refractivity contribution < 1.29 is 31.9 Å². The second kappa shape index (κ2) is 16.3. The number of carbonyl (C=O) groups excluding carboxylic acids is 2. The third-order valence-corrected chi connectivity index (χ3v) is 10.8. The van der Waals surface area contributed by atoms with E-state index in [2.05, 4.69) is 92.8 Å². The van der Waals surface area contributed by atoms with Crippen molar-refractivity contribution in [3.8, 4) is 0 Å². The van der Waals surface area contributed by atoms with Crippen LogP contribution in [0.3, 0.4) is 0 Å². The molecule has 282 valence electrons. The highest BCUT2D eigenvalue weighted by molar-refractivity contribution is 7.85. The van der Waals surface area contributed by atoms with Gasteiger partial charge in [-0.15, -0.1) is 0 Å².